The van der Waals surface area contributed by atoms with Crippen LogP contribution >= 0.6 is 11.6 Å². The van der Waals surface area contributed by atoms with Crippen LogP contribution in [0.15, 0.2) is 12.1 Å². The van der Waals surface area contributed by atoms with E-state index in [1.165, 1.54) is 38.5 Å². The molecule has 4 nitrogen and oxygen atoms in total. The Kier molecular flexibility index (Phi) is 4.30. The lowest BCUT2D eigenvalue weighted by molar-refractivity contribution is -0.0688. The second kappa shape index (κ2) is 6.58. The molecule has 5 heteroatoms. The van der Waals surface area contributed by atoms with Gasteiger partial charge in [0.25, 0.3) is 5.91 Å². The molecule has 1 N–H and O–H groups in total. The summed E-state index contributed by atoms with van der Waals surface area (Å²) >= 11 is 6.37. The van der Waals surface area contributed by atoms with E-state index in [9.17, 15) is 4.79 Å². The molecule has 5 aliphatic rings. The molecule has 0 unspecified atom stereocenters. The van der Waals surface area contributed by atoms with E-state index in [2.05, 4.69) is 12.2 Å². The minimum Gasteiger partial charge on any atom is -0.489 e. The number of benzene rings is 1. The van der Waals surface area contributed by atoms with Crippen molar-refractivity contribution in [3.63, 3.8) is 0 Å². The van der Waals surface area contributed by atoms with Crippen LogP contribution < -0.4 is 14.8 Å². The van der Waals surface area contributed by atoms with Crippen molar-refractivity contribution >= 4 is 17.5 Å². The number of nitrogens with one attached hydrogen (secondary N) is 1. The third kappa shape index (κ3) is 3.10. The molecule has 27 heavy (non-hydrogen) atoms. The van der Waals surface area contributed by atoms with Gasteiger partial charge in [-0.25, -0.2) is 0 Å². The van der Waals surface area contributed by atoms with Gasteiger partial charge < -0.3 is 14.8 Å². The van der Waals surface area contributed by atoms with Crippen LogP contribution in [0.5, 0.6) is 11.5 Å². The Bertz CT molecular complexity index is 727. The SMILES string of the molecule is C[C@H](NC(=O)c1cc(Cl)c2c(c1)OCCCO2)C12CC3CC(CC(C3)C1)C2. The summed E-state index contributed by atoms with van der Waals surface area (Å²) in [5, 5.41) is 3.76. The summed E-state index contributed by atoms with van der Waals surface area (Å²) in [5.41, 5.74) is 0.847. The largest absolute Gasteiger partial charge is 0.489 e. The number of ether oxygens (including phenoxy) is 2. The summed E-state index contributed by atoms with van der Waals surface area (Å²) in [5.74, 6) is 3.71. The molecule has 4 aliphatic carbocycles. The van der Waals surface area contributed by atoms with E-state index in [0.717, 1.165) is 24.2 Å². The van der Waals surface area contributed by atoms with Crippen molar-refractivity contribution in [3.05, 3.63) is 22.7 Å². The number of hydrogen-bond donors (Lipinski definition) is 1. The number of carbonyl (C=O) groups excluding carboxylic acids is 1. The molecule has 1 aromatic rings. The third-order valence-corrected chi connectivity index (χ3v) is 7.70. The van der Waals surface area contributed by atoms with Gasteiger partial charge in [-0.2, -0.15) is 0 Å². The summed E-state index contributed by atoms with van der Waals surface area (Å²) < 4.78 is 11.4. The highest BCUT2D eigenvalue weighted by atomic mass is 35.5. The first kappa shape index (κ1) is 17.7. The molecular weight excluding hydrogens is 362 g/mol. The number of halogens is 1. The maximum Gasteiger partial charge on any atom is 0.251 e. The van der Waals surface area contributed by atoms with Crippen molar-refractivity contribution in [1.82, 2.24) is 5.32 Å². The summed E-state index contributed by atoms with van der Waals surface area (Å²) in [6.07, 6.45) is 8.90. The van der Waals surface area contributed by atoms with Crippen LogP contribution in [0.1, 0.15) is 62.2 Å². The molecule has 1 amide bonds. The van der Waals surface area contributed by atoms with Crippen molar-refractivity contribution < 1.29 is 14.3 Å². The molecule has 0 spiro atoms. The van der Waals surface area contributed by atoms with Gasteiger partial charge in [-0.1, -0.05) is 11.6 Å². The molecule has 4 bridgehead atoms. The van der Waals surface area contributed by atoms with Gasteiger partial charge in [0.15, 0.2) is 11.5 Å². The Hall–Kier alpha value is -1.42. The standard InChI is InChI=1S/C22H28ClNO3/c1-13(22-10-14-5-15(11-22)7-16(6-14)12-22)24-21(25)17-8-18(23)20-19(9-17)26-3-2-4-27-20/h8-9,13-16H,2-7,10-12H2,1H3,(H,24,25)/t13-,14?,15?,16?,22?/m0/s1. The van der Waals surface area contributed by atoms with Crippen molar-refractivity contribution in [1.29, 1.82) is 0 Å². The molecule has 1 aromatic carbocycles. The van der Waals surface area contributed by atoms with Crippen LogP contribution in [0.2, 0.25) is 5.02 Å². The van der Waals surface area contributed by atoms with E-state index in [4.69, 9.17) is 21.1 Å². The second-order valence-corrected chi connectivity index (χ2v) is 9.72. The maximum atomic E-state index is 13.0. The van der Waals surface area contributed by atoms with Crippen molar-refractivity contribution in [2.75, 3.05) is 13.2 Å². The summed E-state index contributed by atoms with van der Waals surface area (Å²) in [4.78, 5) is 13.0. The number of rotatable bonds is 3. The van der Waals surface area contributed by atoms with Crippen LogP contribution in [0.25, 0.3) is 0 Å². The van der Waals surface area contributed by atoms with E-state index in [1.807, 2.05) is 0 Å². The first-order valence-corrected chi connectivity index (χ1v) is 10.8. The Morgan fingerprint density at radius 1 is 1.11 bits per heavy atom. The molecule has 0 aromatic heterocycles. The number of fused-ring (bicyclic) bond motifs is 1. The molecule has 0 saturated heterocycles. The normalized spacial score (nSPS) is 34.8. The fourth-order valence-electron chi connectivity index (χ4n) is 6.50. The van der Waals surface area contributed by atoms with Crippen LogP contribution in [-0.4, -0.2) is 25.2 Å². The van der Waals surface area contributed by atoms with Crippen molar-refractivity contribution in [2.45, 2.75) is 57.9 Å². The molecule has 1 heterocycles. The fraction of sp³-hybridized carbons (Fsp3) is 0.682. The maximum absolute atomic E-state index is 13.0. The van der Waals surface area contributed by atoms with E-state index in [1.54, 1.807) is 12.1 Å². The lowest BCUT2D eigenvalue weighted by atomic mass is 9.48. The van der Waals surface area contributed by atoms with E-state index in [0.29, 0.717) is 40.7 Å². The highest BCUT2D eigenvalue weighted by Crippen LogP contribution is 2.61. The zero-order valence-corrected chi connectivity index (χ0v) is 16.7. The molecule has 1 aliphatic heterocycles. The van der Waals surface area contributed by atoms with E-state index in [-0.39, 0.29) is 11.9 Å². The van der Waals surface area contributed by atoms with E-state index >= 15 is 0 Å². The molecule has 146 valence electrons. The van der Waals surface area contributed by atoms with Crippen LogP contribution in [0, 0.1) is 23.2 Å². The quantitative estimate of drug-likeness (QED) is 0.804. The van der Waals surface area contributed by atoms with Crippen LogP contribution in [-0.2, 0) is 0 Å². The highest BCUT2D eigenvalue weighted by Gasteiger charge is 2.53. The number of amides is 1. The van der Waals surface area contributed by atoms with Gasteiger partial charge in [-0.15, -0.1) is 0 Å². The smallest absolute Gasteiger partial charge is 0.251 e. The van der Waals surface area contributed by atoms with Gasteiger partial charge in [0.2, 0.25) is 0 Å². The van der Waals surface area contributed by atoms with Gasteiger partial charge in [-0.3, -0.25) is 4.79 Å². The van der Waals surface area contributed by atoms with Crippen molar-refractivity contribution in [2.24, 2.45) is 23.2 Å². The Morgan fingerprint density at radius 2 is 1.74 bits per heavy atom. The number of carbonyl (C=O) groups is 1. The average molecular weight is 390 g/mol. The molecule has 4 fully saturated rings. The third-order valence-electron chi connectivity index (χ3n) is 7.42. The zero-order valence-electron chi connectivity index (χ0n) is 15.9. The fourth-order valence-corrected chi connectivity index (χ4v) is 6.77. The molecule has 1 atom stereocenters. The van der Waals surface area contributed by atoms with Gasteiger partial charge in [-0.05, 0) is 80.8 Å². The highest BCUT2D eigenvalue weighted by molar-refractivity contribution is 6.32. The lowest BCUT2D eigenvalue weighted by Gasteiger charge is -2.59. The summed E-state index contributed by atoms with van der Waals surface area (Å²) in [6, 6.07) is 3.67. The molecule has 4 saturated carbocycles. The first-order chi connectivity index (χ1) is 13.0. The molecule has 6 rings (SSSR count). The number of hydrogen-bond acceptors (Lipinski definition) is 3. The van der Waals surface area contributed by atoms with Crippen LogP contribution in [0.4, 0.5) is 0 Å². The lowest BCUT2D eigenvalue weighted by Crippen LogP contribution is -2.55. The van der Waals surface area contributed by atoms with E-state index < -0.39 is 0 Å². The van der Waals surface area contributed by atoms with Crippen molar-refractivity contribution in [3.8, 4) is 11.5 Å². The van der Waals surface area contributed by atoms with Gasteiger partial charge in [0.1, 0.15) is 0 Å². The van der Waals surface area contributed by atoms with Gasteiger partial charge in [0.05, 0.1) is 18.2 Å². The summed E-state index contributed by atoms with van der Waals surface area (Å²) in [6.45, 7) is 3.37. The Morgan fingerprint density at radius 3 is 2.41 bits per heavy atom. The minimum atomic E-state index is -0.0595. The zero-order chi connectivity index (χ0) is 18.6. The first-order valence-electron chi connectivity index (χ1n) is 10.4. The Labute approximate surface area is 165 Å². The molecular formula is C22H28ClNO3. The predicted octanol–water partition coefficient (Wildman–Crippen LogP) is 4.84. The average Bonchev–Trinajstić information content (AvgIpc) is 2.86. The minimum absolute atomic E-state index is 0.0595. The van der Waals surface area contributed by atoms with Gasteiger partial charge in [0, 0.05) is 18.0 Å². The Balaban J connectivity index is 1.35. The summed E-state index contributed by atoms with van der Waals surface area (Å²) in [7, 11) is 0. The van der Waals surface area contributed by atoms with Crippen LogP contribution in [0.3, 0.4) is 0 Å². The monoisotopic (exact) mass is 389 g/mol. The van der Waals surface area contributed by atoms with Gasteiger partial charge >= 0.3 is 0 Å². The second-order valence-electron chi connectivity index (χ2n) is 9.31. The molecule has 0 radical (unpaired) electrons. The predicted molar refractivity (Wildman–Crippen MR) is 105 cm³/mol. The topological polar surface area (TPSA) is 47.6 Å².